The van der Waals surface area contributed by atoms with Crippen molar-refractivity contribution in [2.45, 2.75) is 0 Å². The molecule has 0 amide bonds. The lowest BCUT2D eigenvalue weighted by Gasteiger charge is -2.03. The van der Waals surface area contributed by atoms with Crippen LogP contribution in [0.5, 0.6) is 0 Å². The molecule has 0 bridgehead atoms. The van der Waals surface area contributed by atoms with Gasteiger partial charge in [-0.15, -0.1) is 0 Å². The highest BCUT2D eigenvalue weighted by atomic mass is 16.7. The molecule has 4 heteroatoms. The van der Waals surface area contributed by atoms with E-state index in [0.717, 1.165) is 5.69 Å². The fourth-order valence-electron chi connectivity index (χ4n) is 0.687. The molecule has 0 atom stereocenters. The third kappa shape index (κ3) is 3.03. The molecule has 1 aromatic carbocycles. The van der Waals surface area contributed by atoms with E-state index in [9.17, 15) is 4.79 Å². The van der Waals surface area contributed by atoms with Crippen LogP contribution in [0.25, 0.3) is 0 Å². The molecular formula is C8H9NO3. The molecule has 12 heavy (non-hydrogen) atoms. The minimum atomic E-state index is -1.00. The van der Waals surface area contributed by atoms with Crippen LogP contribution in [-0.2, 0) is 9.63 Å². The first-order valence-corrected chi connectivity index (χ1v) is 3.43. The molecule has 64 valence electrons. The molecule has 0 heterocycles. The number of benzene rings is 1. The Morgan fingerprint density at radius 2 is 2.08 bits per heavy atom. The molecule has 2 N–H and O–H groups in total. The summed E-state index contributed by atoms with van der Waals surface area (Å²) in [5.41, 5.74) is 3.23. The quantitative estimate of drug-likeness (QED) is 0.659. The van der Waals surface area contributed by atoms with E-state index in [0.29, 0.717) is 0 Å². The van der Waals surface area contributed by atoms with Gasteiger partial charge in [-0.3, -0.25) is 10.3 Å². The minimum Gasteiger partial charge on any atom is -0.479 e. The predicted octanol–water partition coefficient (Wildman–Crippen LogP) is 1.11. The van der Waals surface area contributed by atoms with E-state index < -0.39 is 5.97 Å². The smallest absolute Gasteiger partial charge is 0.332 e. The Bertz CT molecular complexity index is 248. The fraction of sp³-hybridized carbons (Fsp3) is 0.125. The van der Waals surface area contributed by atoms with Crippen molar-refractivity contribution in [2.75, 3.05) is 12.1 Å². The van der Waals surface area contributed by atoms with Crippen molar-refractivity contribution in [1.82, 2.24) is 0 Å². The molecule has 1 aromatic rings. The van der Waals surface area contributed by atoms with Gasteiger partial charge in [0.15, 0.2) is 6.61 Å². The molecule has 1 rings (SSSR count). The first-order valence-electron chi connectivity index (χ1n) is 3.43. The maximum absolute atomic E-state index is 10.0. The van der Waals surface area contributed by atoms with Crippen LogP contribution in [0.1, 0.15) is 0 Å². The summed E-state index contributed by atoms with van der Waals surface area (Å²) in [6.45, 7) is -0.352. The average molecular weight is 167 g/mol. The molecule has 0 unspecified atom stereocenters. The molecule has 0 aliphatic carbocycles. The van der Waals surface area contributed by atoms with Gasteiger partial charge < -0.3 is 5.11 Å². The van der Waals surface area contributed by atoms with Crippen LogP contribution in [0.4, 0.5) is 5.69 Å². The highest BCUT2D eigenvalue weighted by Crippen LogP contribution is 2.03. The van der Waals surface area contributed by atoms with Gasteiger partial charge in [-0.1, -0.05) is 18.2 Å². The number of nitrogens with one attached hydrogen (secondary N) is 1. The van der Waals surface area contributed by atoms with Crippen LogP contribution < -0.4 is 5.48 Å². The number of carbonyl (C=O) groups is 1. The molecule has 4 nitrogen and oxygen atoms in total. The van der Waals surface area contributed by atoms with Gasteiger partial charge in [-0.25, -0.2) is 4.79 Å². The number of anilines is 1. The largest absolute Gasteiger partial charge is 0.479 e. The lowest BCUT2D eigenvalue weighted by Crippen LogP contribution is -2.10. The van der Waals surface area contributed by atoms with Crippen molar-refractivity contribution in [3.63, 3.8) is 0 Å². The van der Waals surface area contributed by atoms with Gasteiger partial charge in [0.25, 0.3) is 0 Å². The maximum atomic E-state index is 10.0. The van der Waals surface area contributed by atoms with E-state index in [1.807, 2.05) is 18.2 Å². The second-order valence-corrected chi connectivity index (χ2v) is 2.15. The van der Waals surface area contributed by atoms with Gasteiger partial charge in [0.05, 0.1) is 5.69 Å². The van der Waals surface area contributed by atoms with Crippen molar-refractivity contribution in [2.24, 2.45) is 0 Å². The fourth-order valence-corrected chi connectivity index (χ4v) is 0.687. The number of aliphatic carboxylic acids is 1. The van der Waals surface area contributed by atoms with Crippen molar-refractivity contribution >= 4 is 11.7 Å². The zero-order valence-electron chi connectivity index (χ0n) is 6.36. The van der Waals surface area contributed by atoms with Crippen LogP contribution in [-0.4, -0.2) is 17.7 Å². The van der Waals surface area contributed by atoms with Crippen LogP contribution in [0.2, 0.25) is 0 Å². The second kappa shape index (κ2) is 4.35. The normalized spacial score (nSPS) is 9.33. The number of hydrogen-bond acceptors (Lipinski definition) is 3. The van der Waals surface area contributed by atoms with Crippen LogP contribution in [0, 0.1) is 0 Å². The Hall–Kier alpha value is -1.55. The molecule has 0 radical (unpaired) electrons. The summed E-state index contributed by atoms with van der Waals surface area (Å²) in [6, 6.07) is 9.07. The molecule has 0 fully saturated rings. The van der Waals surface area contributed by atoms with E-state index >= 15 is 0 Å². The van der Waals surface area contributed by atoms with Crippen molar-refractivity contribution < 1.29 is 14.7 Å². The zero-order chi connectivity index (χ0) is 8.81. The number of hydrogen-bond donors (Lipinski definition) is 2. The van der Waals surface area contributed by atoms with Crippen molar-refractivity contribution in [1.29, 1.82) is 0 Å². The van der Waals surface area contributed by atoms with Gasteiger partial charge in [-0.05, 0) is 12.1 Å². The van der Waals surface area contributed by atoms with E-state index in [1.165, 1.54) is 0 Å². The third-order valence-corrected chi connectivity index (χ3v) is 1.16. The minimum absolute atomic E-state index is 0.352. The zero-order valence-corrected chi connectivity index (χ0v) is 6.36. The summed E-state index contributed by atoms with van der Waals surface area (Å²) < 4.78 is 0. The van der Waals surface area contributed by atoms with Crippen molar-refractivity contribution in [3.05, 3.63) is 30.3 Å². The summed E-state index contributed by atoms with van der Waals surface area (Å²) in [7, 11) is 0. The summed E-state index contributed by atoms with van der Waals surface area (Å²) in [5.74, 6) is -1.00. The first-order chi connectivity index (χ1) is 5.79. The number of carboxylic acids is 1. The number of para-hydroxylation sites is 1. The Morgan fingerprint density at radius 1 is 1.42 bits per heavy atom. The average Bonchev–Trinajstić information content (AvgIpc) is 2.05. The summed E-state index contributed by atoms with van der Waals surface area (Å²) in [6.07, 6.45) is 0. The maximum Gasteiger partial charge on any atom is 0.332 e. The number of rotatable bonds is 4. The van der Waals surface area contributed by atoms with Gasteiger partial charge in [0, 0.05) is 0 Å². The molecular weight excluding hydrogens is 158 g/mol. The van der Waals surface area contributed by atoms with Crippen molar-refractivity contribution in [3.8, 4) is 0 Å². The van der Waals surface area contributed by atoms with Gasteiger partial charge in [0.1, 0.15) is 0 Å². The molecule has 0 saturated carbocycles. The van der Waals surface area contributed by atoms with E-state index in [4.69, 9.17) is 5.11 Å². The van der Waals surface area contributed by atoms with Crippen LogP contribution in [0.3, 0.4) is 0 Å². The Morgan fingerprint density at radius 3 is 2.67 bits per heavy atom. The second-order valence-electron chi connectivity index (χ2n) is 2.15. The molecule has 0 aromatic heterocycles. The third-order valence-electron chi connectivity index (χ3n) is 1.16. The molecule has 0 saturated heterocycles. The van der Waals surface area contributed by atoms with Crippen LogP contribution in [0.15, 0.2) is 30.3 Å². The highest BCUT2D eigenvalue weighted by molar-refractivity contribution is 5.68. The standard InChI is InChI=1S/C8H9NO3/c10-8(11)6-12-9-7-4-2-1-3-5-7/h1-5,9H,6H2,(H,10,11). The van der Waals surface area contributed by atoms with E-state index in [2.05, 4.69) is 10.3 Å². The molecule has 0 aliphatic heterocycles. The molecule has 0 spiro atoms. The van der Waals surface area contributed by atoms with Gasteiger partial charge in [0.2, 0.25) is 0 Å². The highest BCUT2D eigenvalue weighted by Gasteiger charge is 1.95. The molecule has 0 aliphatic rings. The van der Waals surface area contributed by atoms with Gasteiger partial charge in [-0.2, -0.15) is 0 Å². The first kappa shape index (κ1) is 8.55. The Labute approximate surface area is 69.7 Å². The summed E-state index contributed by atoms with van der Waals surface area (Å²) in [5, 5.41) is 8.23. The lowest BCUT2D eigenvalue weighted by atomic mass is 10.3. The Balaban J connectivity index is 2.29. The van der Waals surface area contributed by atoms with E-state index in [1.54, 1.807) is 12.1 Å². The summed E-state index contributed by atoms with van der Waals surface area (Å²) >= 11 is 0. The topological polar surface area (TPSA) is 58.6 Å². The Kier molecular flexibility index (Phi) is 3.10. The predicted molar refractivity (Wildman–Crippen MR) is 43.7 cm³/mol. The monoisotopic (exact) mass is 167 g/mol. The lowest BCUT2D eigenvalue weighted by molar-refractivity contribution is -0.141. The summed E-state index contributed by atoms with van der Waals surface area (Å²) in [4.78, 5) is 14.7. The SMILES string of the molecule is O=C(O)CONc1ccccc1. The van der Waals surface area contributed by atoms with Crippen LogP contribution >= 0.6 is 0 Å². The van der Waals surface area contributed by atoms with Gasteiger partial charge >= 0.3 is 5.97 Å². The number of carboxylic acid groups (broad SMARTS) is 1. The van der Waals surface area contributed by atoms with E-state index in [-0.39, 0.29) is 6.61 Å².